The number of aromatic nitrogens is 1. The lowest BCUT2D eigenvalue weighted by Gasteiger charge is -2.15. The zero-order chi connectivity index (χ0) is 12.7. The second kappa shape index (κ2) is 6.85. The number of hydrogen-bond acceptors (Lipinski definition) is 4. The third-order valence-corrected chi connectivity index (χ3v) is 2.52. The van der Waals surface area contributed by atoms with E-state index in [9.17, 15) is 4.79 Å². The third kappa shape index (κ3) is 4.82. The number of carbonyl (C=O) groups is 1. The van der Waals surface area contributed by atoms with Crippen LogP contribution in [0.3, 0.4) is 0 Å². The van der Waals surface area contributed by atoms with E-state index in [2.05, 4.69) is 10.3 Å². The van der Waals surface area contributed by atoms with Gasteiger partial charge in [-0.05, 0) is 25.0 Å². The van der Waals surface area contributed by atoms with Gasteiger partial charge in [-0.2, -0.15) is 0 Å². The van der Waals surface area contributed by atoms with Crippen LogP contribution in [0.15, 0.2) is 18.3 Å². The smallest absolute Gasteiger partial charge is 0.226 e. The molecule has 0 saturated carbocycles. The predicted molar refractivity (Wildman–Crippen MR) is 66.3 cm³/mol. The minimum absolute atomic E-state index is 0.0290. The maximum absolute atomic E-state index is 11.7. The molecule has 0 spiro atoms. The van der Waals surface area contributed by atoms with Gasteiger partial charge in [0.15, 0.2) is 0 Å². The lowest BCUT2D eigenvalue weighted by Crippen LogP contribution is -2.36. The molecular formula is C12H19N3O2. The Labute approximate surface area is 101 Å². The molecule has 1 unspecified atom stereocenters. The molecule has 0 radical (unpaired) electrons. The van der Waals surface area contributed by atoms with Crippen molar-refractivity contribution in [2.24, 2.45) is 0 Å². The number of nitrogen functional groups attached to an aromatic ring is 1. The highest BCUT2D eigenvalue weighted by atomic mass is 16.3. The van der Waals surface area contributed by atoms with Crippen LogP contribution in [-0.4, -0.2) is 28.6 Å². The molecule has 0 fully saturated rings. The SMILES string of the molecule is CCC(CCO)NC(=O)Cc1ccc(N)cn1. The van der Waals surface area contributed by atoms with Gasteiger partial charge < -0.3 is 16.2 Å². The first-order chi connectivity index (χ1) is 8.15. The molecule has 94 valence electrons. The first-order valence-electron chi connectivity index (χ1n) is 5.76. The average molecular weight is 237 g/mol. The zero-order valence-corrected chi connectivity index (χ0v) is 10.0. The van der Waals surface area contributed by atoms with Crippen molar-refractivity contribution in [1.82, 2.24) is 10.3 Å². The van der Waals surface area contributed by atoms with Crippen LogP contribution in [0.1, 0.15) is 25.5 Å². The largest absolute Gasteiger partial charge is 0.397 e. The Hall–Kier alpha value is -1.62. The van der Waals surface area contributed by atoms with Gasteiger partial charge in [-0.25, -0.2) is 0 Å². The number of anilines is 1. The summed E-state index contributed by atoms with van der Waals surface area (Å²) in [6, 6.07) is 3.49. The van der Waals surface area contributed by atoms with Crippen LogP contribution in [0.25, 0.3) is 0 Å². The molecular weight excluding hydrogens is 218 g/mol. The Morgan fingerprint density at radius 1 is 1.59 bits per heavy atom. The van der Waals surface area contributed by atoms with Crippen LogP contribution in [0.4, 0.5) is 5.69 Å². The monoisotopic (exact) mass is 237 g/mol. The highest BCUT2D eigenvalue weighted by Crippen LogP contribution is 2.03. The number of amides is 1. The number of aliphatic hydroxyl groups is 1. The minimum Gasteiger partial charge on any atom is -0.397 e. The van der Waals surface area contributed by atoms with Gasteiger partial charge in [0.2, 0.25) is 5.91 Å². The number of nitrogens with zero attached hydrogens (tertiary/aromatic N) is 1. The van der Waals surface area contributed by atoms with E-state index in [0.717, 1.165) is 6.42 Å². The topological polar surface area (TPSA) is 88.2 Å². The second-order valence-electron chi connectivity index (χ2n) is 3.94. The number of rotatable bonds is 6. The van der Waals surface area contributed by atoms with Crippen LogP contribution in [0, 0.1) is 0 Å². The third-order valence-electron chi connectivity index (χ3n) is 2.52. The van der Waals surface area contributed by atoms with Crippen molar-refractivity contribution >= 4 is 11.6 Å². The fourth-order valence-electron chi connectivity index (χ4n) is 1.52. The molecule has 5 heteroatoms. The fraction of sp³-hybridized carbons (Fsp3) is 0.500. The summed E-state index contributed by atoms with van der Waals surface area (Å²) < 4.78 is 0. The highest BCUT2D eigenvalue weighted by Gasteiger charge is 2.10. The lowest BCUT2D eigenvalue weighted by molar-refractivity contribution is -0.121. The standard InChI is InChI=1S/C12H19N3O2/c1-2-10(5-6-16)15-12(17)7-11-4-3-9(13)8-14-11/h3-4,8,10,16H,2,5-7,13H2,1H3,(H,15,17). The summed E-state index contributed by atoms with van der Waals surface area (Å²) in [6.07, 6.45) is 3.16. The van der Waals surface area contributed by atoms with Crippen molar-refractivity contribution in [3.05, 3.63) is 24.0 Å². The van der Waals surface area contributed by atoms with E-state index < -0.39 is 0 Å². The van der Waals surface area contributed by atoms with Gasteiger partial charge in [0, 0.05) is 18.3 Å². The summed E-state index contributed by atoms with van der Waals surface area (Å²) in [6.45, 7) is 2.06. The average Bonchev–Trinajstić information content (AvgIpc) is 2.31. The normalized spacial score (nSPS) is 12.1. The molecule has 5 nitrogen and oxygen atoms in total. The fourth-order valence-corrected chi connectivity index (χ4v) is 1.52. The van der Waals surface area contributed by atoms with Crippen molar-refractivity contribution < 1.29 is 9.90 Å². The molecule has 0 saturated heterocycles. The second-order valence-corrected chi connectivity index (χ2v) is 3.94. The van der Waals surface area contributed by atoms with Crippen molar-refractivity contribution in [3.63, 3.8) is 0 Å². The van der Waals surface area contributed by atoms with E-state index in [1.165, 1.54) is 6.20 Å². The maximum atomic E-state index is 11.7. The Balaban J connectivity index is 2.46. The number of aliphatic hydroxyl groups excluding tert-OH is 1. The summed E-state index contributed by atoms with van der Waals surface area (Å²) >= 11 is 0. The summed E-state index contributed by atoms with van der Waals surface area (Å²) in [4.78, 5) is 15.7. The molecule has 0 aliphatic carbocycles. The van der Waals surface area contributed by atoms with Gasteiger partial charge >= 0.3 is 0 Å². The molecule has 1 atom stereocenters. The molecule has 1 amide bonds. The molecule has 1 heterocycles. The van der Waals surface area contributed by atoms with Crippen LogP contribution in [-0.2, 0) is 11.2 Å². The van der Waals surface area contributed by atoms with E-state index in [4.69, 9.17) is 10.8 Å². The van der Waals surface area contributed by atoms with Gasteiger partial charge in [-0.15, -0.1) is 0 Å². The lowest BCUT2D eigenvalue weighted by atomic mass is 10.1. The summed E-state index contributed by atoms with van der Waals surface area (Å²) in [5.74, 6) is -0.0810. The molecule has 1 aromatic rings. The molecule has 17 heavy (non-hydrogen) atoms. The Bertz CT molecular complexity index is 351. The summed E-state index contributed by atoms with van der Waals surface area (Å²) in [5, 5.41) is 11.7. The van der Waals surface area contributed by atoms with Crippen LogP contribution < -0.4 is 11.1 Å². The van der Waals surface area contributed by atoms with Crippen molar-refractivity contribution in [2.45, 2.75) is 32.2 Å². The molecule has 1 rings (SSSR count). The van der Waals surface area contributed by atoms with E-state index in [1.807, 2.05) is 6.92 Å². The summed E-state index contributed by atoms with van der Waals surface area (Å²) in [7, 11) is 0. The van der Waals surface area contributed by atoms with Gasteiger partial charge in [-0.1, -0.05) is 6.92 Å². The molecule has 4 N–H and O–H groups in total. The van der Waals surface area contributed by atoms with E-state index in [1.54, 1.807) is 12.1 Å². The van der Waals surface area contributed by atoms with Gasteiger partial charge in [0.1, 0.15) is 0 Å². The van der Waals surface area contributed by atoms with E-state index >= 15 is 0 Å². The van der Waals surface area contributed by atoms with Crippen molar-refractivity contribution in [2.75, 3.05) is 12.3 Å². The van der Waals surface area contributed by atoms with Gasteiger partial charge in [0.05, 0.1) is 18.3 Å². The number of pyridine rings is 1. The van der Waals surface area contributed by atoms with Crippen molar-refractivity contribution in [3.8, 4) is 0 Å². The van der Waals surface area contributed by atoms with E-state index in [0.29, 0.717) is 17.8 Å². The Morgan fingerprint density at radius 3 is 2.88 bits per heavy atom. The number of nitrogens with two attached hydrogens (primary N) is 1. The maximum Gasteiger partial charge on any atom is 0.226 e. The number of nitrogens with one attached hydrogen (secondary N) is 1. The van der Waals surface area contributed by atoms with Crippen molar-refractivity contribution in [1.29, 1.82) is 0 Å². The van der Waals surface area contributed by atoms with Crippen LogP contribution in [0.2, 0.25) is 0 Å². The first kappa shape index (κ1) is 13.4. The first-order valence-corrected chi connectivity index (χ1v) is 5.76. The van der Waals surface area contributed by atoms with Gasteiger partial charge in [-0.3, -0.25) is 9.78 Å². The molecule has 1 aromatic heterocycles. The number of carbonyl (C=O) groups excluding carboxylic acids is 1. The quantitative estimate of drug-likeness (QED) is 0.671. The Kier molecular flexibility index (Phi) is 5.42. The number of hydrogen-bond donors (Lipinski definition) is 3. The molecule has 0 aliphatic rings. The molecule has 0 aliphatic heterocycles. The highest BCUT2D eigenvalue weighted by molar-refractivity contribution is 5.78. The minimum atomic E-state index is -0.0810. The molecule has 0 aromatic carbocycles. The summed E-state index contributed by atoms with van der Waals surface area (Å²) in [5.41, 5.74) is 6.78. The van der Waals surface area contributed by atoms with Crippen LogP contribution >= 0.6 is 0 Å². The molecule has 0 bridgehead atoms. The Morgan fingerprint density at radius 2 is 2.35 bits per heavy atom. The predicted octanol–water partition coefficient (Wildman–Crippen LogP) is 0.483. The van der Waals surface area contributed by atoms with E-state index in [-0.39, 0.29) is 25.0 Å². The van der Waals surface area contributed by atoms with Gasteiger partial charge in [0.25, 0.3) is 0 Å². The zero-order valence-electron chi connectivity index (χ0n) is 10.0. The van der Waals surface area contributed by atoms with Crippen LogP contribution in [0.5, 0.6) is 0 Å².